The summed E-state index contributed by atoms with van der Waals surface area (Å²) < 4.78 is 26.9. The molecule has 0 heterocycles. The maximum atomic E-state index is 12.8. The molecule has 0 bridgehead atoms. The Hall–Kier alpha value is -2.93. The Bertz CT molecular complexity index is 920. The molecule has 0 radical (unpaired) electrons. The second-order valence-electron chi connectivity index (χ2n) is 5.03. The van der Waals surface area contributed by atoms with Gasteiger partial charge in [0.1, 0.15) is 0 Å². The van der Waals surface area contributed by atoms with Crippen molar-refractivity contribution in [2.75, 3.05) is 6.54 Å². The molecule has 120 valence electrons. The third-order valence-electron chi connectivity index (χ3n) is 3.37. The van der Waals surface area contributed by atoms with E-state index in [-0.39, 0.29) is 18.0 Å². The summed E-state index contributed by atoms with van der Waals surface area (Å²) in [5.74, 6) is 0. The van der Waals surface area contributed by atoms with Crippen molar-refractivity contribution in [3.63, 3.8) is 0 Å². The third kappa shape index (κ3) is 3.88. The summed E-state index contributed by atoms with van der Waals surface area (Å²) in [6.07, 6.45) is 1.51. The topological polar surface area (TPSA) is 85.0 Å². The van der Waals surface area contributed by atoms with Gasteiger partial charge in [-0.3, -0.25) is 0 Å². The number of hydrogen-bond donors (Lipinski definition) is 0. The first kappa shape index (κ1) is 17.4. The third-order valence-corrected chi connectivity index (χ3v) is 5.19. The summed E-state index contributed by atoms with van der Waals surface area (Å²) in [5, 5.41) is 17.8. The fraction of sp³-hybridized carbons (Fsp3) is 0.111. The van der Waals surface area contributed by atoms with Crippen LogP contribution in [0.5, 0.6) is 0 Å². The van der Waals surface area contributed by atoms with Gasteiger partial charge in [0.05, 0.1) is 28.2 Å². The SMILES string of the molecule is C=CCN(Cc1cccc(C#N)c1)S(=O)(=O)c1ccc(C#N)cc1. The van der Waals surface area contributed by atoms with Crippen LogP contribution in [0.1, 0.15) is 16.7 Å². The van der Waals surface area contributed by atoms with E-state index in [1.807, 2.05) is 12.1 Å². The molecular formula is C18H15N3O2S. The zero-order valence-corrected chi connectivity index (χ0v) is 13.7. The average Bonchev–Trinajstić information content (AvgIpc) is 2.61. The van der Waals surface area contributed by atoms with Gasteiger partial charge in [0.2, 0.25) is 10.0 Å². The second-order valence-corrected chi connectivity index (χ2v) is 6.97. The second kappa shape index (κ2) is 7.56. The maximum Gasteiger partial charge on any atom is 0.243 e. The van der Waals surface area contributed by atoms with Gasteiger partial charge in [-0.2, -0.15) is 14.8 Å². The van der Waals surface area contributed by atoms with Crippen molar-refractivity contribution in [1.29, 1.82) is 10.5 Å². The highest BCUT2D eigenvalue weighted by Crippen LogP contribution is 2.19. The van der Waals surface area contributed by atoms with Gasteiger partial charge >= 0.3 is 0 Å². The number of hydrogen-bond acceptors (Lipinski definition) is 4. The normalized spacial score (nSPS) is 10.8. The van der Waals surface area contributed by atoms with Crippen LogP contribution in [0.2, 0.25) is 0 Å². The van der Waals surface area contributed by atoms with E-state index >= 15 is 0 Å². The molecule has 6 heteroatoms. The van der Waals surface area contributed by atoms with Gasteiger partial charge in [-0.1, -0.05) is 18.2 Å². The standard InChI is InChI=1S/C18H15N3O2S/c1-2-10-21(14-17-5-3-4-16(11-17)13-20)24(22,23)18-8-6-15(12-19)7-9-18/h2-9,11H,1,10,14H2. The number of nitriles is 2. The fourth-order valence-corrected chi connectivity index (χ4v) is 3.58. The molecule has 0 aliphatic heterocycles. The van der Waals surface area contributed by atoms with Crippen LogP contribution >= 0.6 is 0 Å². The first-order chi connectivity index (χ1) is 11.5. The van der Waals surface area contributed by atoms with Crippen molar-refractivity contribution < 1.29 is 8.42 Å². The largest absolute Gasteiger partial charge is 0.243 e. The highest BCUT2D eigenvalue weighted by atomic mass is 32.2. The van der Waals surface area contributed by atoms with Gasteiger partial charge in [0.15, 0.2) is 0 Å². The molecule has 5 nitrogen and oxygen atoms in total. The lowest BCUT2D eigenvalue weighted by Crippen LogP contribution is -2.30. The minimum absolute atomic E-state index is 0.111. The van der Waals surface area contributed by atoms with Crippen molar-refractivity contribution in [1.82, 2.24) is 4.31 Å². The lowest BCUT2D eigenvalue weighted by molar-refractivity contribution is 0.438. The smallest absolute Gasteiger partial charge is 0.207 e. The minimum Gasteiger partial charge on any atom is -0.207 e. The van der Waals surface area contributed by atoms with E-state index in [4.69, 9.17) is 10.5 Å². The van der Waals surface area contributed by atoms with Gasteiger partial charge in [0, 0.05) is 13.1 Å². The van der Waals surface area contributed by atoms with Gasteiger partial charge in [0.25, 0.3) is 0 Å². The average molecular weight is 337 g/mol. The van der Waals surface area contributed by atoms with Gasteiger partial charge < -0.3 is 0 Å². The summed E-state index contributed by atoms with van der Waals surface area (Å²) in [6.45, 7) is 3.88. The molecule has 0 N–H and O–H groups in total. The van der Waals surface area contributed by atoms with Crippen molar-refractivity contribution in [2.45, 2.75) is 11.4 Å². The molecule has 0 aromatic heterocycles. The molecule has 0 unspecified atom stereocenters. The summed E-state index contributed by atoms with van der Waals surface area (Å²) in [4.78, 5) is 0.111. The van der Waals surface area contributed by atoms with Crippen LogP contribution in [-0.4, -0.2) is 19.3 Å². The van der Waals surface area contributed by atoms with Crippen molar-refractivity contribution in [3.8, 4) is 12.1 Å². The lowest BCUT2D eigenvalue weighted by atomic mass is 10.1. The maximum absolute atomic E-state index is 12.8. The lowest BCUT2D eigenvalue weighted by Gasteiger charge is -2.21. The zero-order chi connectivity index (χ0) is 17.6. The van der Waals surface area contributed by atoms with E-state index < -0.39 is 10.0 Å². The first-order valence-electron chi connectivity index (χ1n) is 7.11. The molecule has 0 aliphatic rings. The Morgan fingerprint density at radius 3 is 2.29 bits per heavy atom. The van der Waals surface area contributed by atoms with Crippen LogP contribution in [0.3, 0.4) is 0 Å². The van der Waals surface area contributed by atoms with Crippen LogP contribution in [0, 0.1) is 22.7 Å². The van der Waals surface area contributed by atoms with Gasteiger partial charge in [-0.05, 0) is 42.0 Å². The molecule has 2 aromatic rings. The van der Waals surface area contributed by atoms with Crippen LogP contribution in [0.4, 0.5) is 0 Å². The van der Waals surface area contributed by atoms with Gasteiger partial charge in [-0.15, -0.1) is 6.58 Å². The van der Waals surface area contributed by atoms with E-state index in [9.17, 15) is 8.42 Å². The predicted octanol–water partition coefficient (Wildman–Crippen LogP) is 2.81. The summed E-state index contributed by atoms with van der Waals surface area (Å²) >= 11 is 0. The van der Waals surface area contributed by atoms with E-state index in [0.717, 1.165) is 0 Å². The molecule has 0 aliphatic carbocycles. The van der Waals surface area contributed by atoms with Crippen LogP contribution in [0.25, 0.3) is 0 Å². The molecule has 0 fully saturated rings. The number of nitrogens with zero attached hydrogens (tertiary/aromatic N) is 3. The molecule has 24 heavy (non-hydrogen) atoms. The van der Waals surface area contributed by atoms with Crippen LogP contribution in [0.15, 0.2) is 66.1 Å². The first-order valence-corrected chi connectivity index (χ1v) is 8.55. The monoisotopic (exact) mass is 337 g/mol. The molecule has 0 amide bonds. The predicted molar refractivity (Wildman–Crippen MR) is 90.1 cm³/mol. The summed E-state index contributed by atoms with van der Waals surface area (Å²) in [6, 6.07) is 16.6. The molecular weight excluding hydrogens is 322 g/mol. The molecule has 0 spiro atoms. The van der Waals surface area contributed by atoms with Crippen LogP contribution < -0.4 is 0 Å². The Balaban J connectivity index is 2.35. The Morgan fingerprint density at radius 1 is 1.04 bits per heavy atom. The number of benzene rings is 2. The molecule has 0 saturated heterocycles. The number of rotatable bonds is 6. The Kier molecular flexibility index (Phi) is 5.49. The van der Waals surface area contributed by atoms with Crippen molar-refractivity contribution in [3.05, 3.63) is 77.9 Å². The highest BCUT2D eigenvalue weighted by Gasteiger charge is 2.23. The Morgan fingerprint density at radius 2 is 1.71 bits per heavy atom. The molecule has 2 aromatic carbocycles. The Labute approximate surface area is 141 Å². The van der Waals surface area contributed by atoms with E-state index in [2.05, 4.69) is 6.58 Å². The van der Waals surface area contributed by atoms with Crippen LogP contribution in [-0.2, 0) is 16.6 Å². The molecule has 0 atom stereocenters. The molecule has 2 rings (SSSR count). The van der Waals surface area contributed by atoms with E-state index in [0.29, 0.717) is 16.7 Å². The zero-order valence-electron chi connectivity index (χ0n) is 12.9. The van der Waals surface area contributed by atoms with E-state index in [1.165, 1.54) is 34.6 Å². The fourth-order valence-electron chi connectivity index (χ4n) is 2.19. The van der Waals surface area contributed by atoms with Crippen molar-refractivity contribution in [2.24, 2.45) is 0 Å². The van der Waals surface area contributed by atoms with E-state index in [1.54, 1.807) is 24.3 Å². The number of sulfonamides is 1. The van der Waals surface area contributed by atoms with Crippen molar-refractivity contribution >= 4 is 10.0 Å². The van der Waals surface area contributed by atoms with Gasteiger partial charge in [-0.25, -0.2) is 8.42 Å². The molecule has 0 saturated carbocycles. The minimum atomic E-state index is -3.74. The quantitative estimate of drug-likeness (QED) is 0.759. The highest BCUT2D eigenvalue weighted by molar-refractivity contribution is 7.89. The summed E-state index contributed by atoms with van der Waals surface area (Å²) in [5.41, 5.74) is 1.58. The summed E-state index contributed by atoms with van der Waals surface area (Å²) in [7, 11) is -3.74.